The zero-order chi connectivity index (χ0) is 34.8. The lowest BCUT2D eigenvalue weighted by Crippen LogP contribution is -2.23. The normalized spacial score (nSPS) is 12.5. The first kappa shape index (κ1) is 36.0. The number of aryl methyl sites for hydroxylation is 1. The van der Waals surface area contributed by atoms with Crippen LogP contribution in [0.4, 0.5) is 0 Å². The Balaban J connectivity index is 1.36. The minimum atomic E-state index is -3.17. The van der Waals surface area contributed by atoms with E-state index in [0.717, 1.165) is 50.4 Å². The zero-order valence-electron chi connectivity index (χ0n) is 29.0. The molecule has 9 nitrogen and oxygen atoms in total. The maximum atomic E-state index is 13.1. The highest BCUT2D eigenvalue weighted by Gasteiger charge is 2.24. The van der Waals surface area contributed by atoms with Crippen molar-refractivity contribution in [2.24, 2.45) is 0 Å². The molecule has 1 heterocycles. The average molecular weight is 685 g/mol. The van der Waals surface area contributed by atoms with Crippen molar-refractivity contribution in [3.8, 4) is 40.2 Å². The van der Waals surface area contributed by atoms with Gasteiger partial charge in [-0.05, 0) is 98.5 Å². The van der Waals surface area contributed by atoms with Crippen molar-refractivity contribution in [1.29, 1.82) is 5.26 Å². The van der Waals surface area contributed by atoms with Crippen molar-refractivity contribution in [3.63, 3.8) is 0 Å². The minimum Gasteiger partial charge on any atom is -0.488 e. The van der Waals surface area contributed by atoms with Crippen molar-refractivity contribution in [2.45, 2.75) is 47.5 Å². The molecule has 0 radical (unpaired) electrons. The van der Waals surface area contributed by atoms with E-state index in [4.69, 9.17) is 28.0 Å². The quantitative estimate of drug-likeness (QED) is 0.108. The van der Waals surface area contributed by atoms with E-state index in [-0.39, 0.29) is 12.8 Å². The van der Waals surface area contributed by atoms with E-state index in [0.29, 0.717) is 63.2 Å². The third-order valence-corrected chi connectivity index (χ3v) is 10.4. The molecule has 49 heavy (non-hydrogen) atoms. The molecule has 0 spiro atoms. The molecule has 0 saturated heterocycles. The van der Waals surface area contributed by atoms with Crippen LogP contribution in [0.2, 0.25) is 0 Å². The summed E-state index contributed by atoms with van der Waals surface area (Å²) in [6, 6.07) is 25.9. The van der Waals surface area contributed by atoms with E-state index in [1.807, 2.05) is 70.3 Å². The largest absolute Gasteiger partial charge is 0.488 e. The molecule has 0 unspecified atom stereocenters. The number of hydrogen-bond donors (Lipinski definition) is 0. The van der Waals surface area contributed by atoms with E-state index in [9.17, 15) is 9.83 Å². The molecule has 258 valence electrons. The van der Waals surface area contributed by atoms with Crippen LogP contribution in [-0.2, 0) is 33.4 Å². The van der Waals surface area contributed by atoms with E-state index < -0.39 is 7.60 Å². The average Bonchev–Trinajstić information content (AvgIpc) is 3.10. The van der Waals surface area contributed by atoms with Gasteiger partial charge in [0.2, 0.25) is 0 Å². The van der Waals surface area contributed by atoms with Gasteiger partial charge in [0.25, 0.3) is 0 Å². The first-order chi connectivity index (χ1) is 23.7. The lowest BCUT2D eigenvalue weighted by molar-refractivity contribution is 0.171. The number of hydrogen-bond acceptors (Lipinski definition) is 9. The third-order valence-electron chi connectivity index (χ3n) is 8.34. The standard InChI is InChI=1S/C39H45N2O7P/c1-6-47-49(42,48-7-2)19-16-41(5)25-34-20-28(3)37(23-38(34)45-26-31-11-8-10-30(21-31)24-40)46-27-33-12-9-13-35(29(33)4)32-14-15-36-39(22-32)44-18-17-43-36/h8-15,20-23H,6-7,16-19,25-27H2,1-5H3. The van der Waals surface area contributed by atoms with Gasteiger partial charge in [0.1, 0.15) is 37.9 Å². The van der Waals surface area contributed by atoms with Gasteiger partial charge in [0, 0.05) is 24.7 Å². The Morgan fingerprint density at radius 2 is 1.57 bits per heavy atom. The lowest BCUT2D eigenvalue weighted by Gasteiger charge is -2.23. The second-order valence-electron chi connectivity index (χ2n) is 12.0. The number of ether oxygens (including phenoxy) is 4. The summed E-state index contributed by atoms with van der Waals surface area (Å²) >= 11 is 0. The topological polar surface area (TPSA) is 99.5 Å². The van der Waals surface area contributed by atoms with Crippen LogP contribution in [0.1, 0.15) is 47.2 Å². The van der Waals surface area contributed by atoms with E-state index in [1.165, 1.54) is 0 Å². The molecule has 10 heteroatoms. The highest BCUT2D eigenvalue weighted by molar-refractivity contribution is 7.53. The van der Waals surface area contributed by atoms with Gasteiger partial charge in [-0.15, -0.1) is 0 Å². The Morgan fingerprint density at radius 1 is 0.837 bits per heavy atom. The lowest BCUT2D eigenvalue weighted by atomic mass is 9.96. The van der Waals surface area contributed by atoms with Gasteiger partial charge in [0.15, 0.2) is 11.5 Å². The third kappa shape index (κ3) is 9.44. The van der Waals surface area contributed by atoms with Gasteiger partial charge in [0.05, 0.1) is 31.0 Å². The number of nitriles is 1. The molecule has 0 bridgehead atoms. The summed E-state index contributed by atoms with van der Waals surface area (Å²) in [6.07, 6.45) is 0.285. The van der Waals surface area contributed by atoms with Gasteiger partial charge < -0.3 is 32.9 Å². The first-order valence-corrected chi connectivity index (χ1v) is 18.4. The van der Waals surface area contributed by atoms with Crippen LogP contribution in [0.15, 0.2) is 72.8 Å². The number of rotatable bonds is 16. The molecule has 4 aromatic rings. The molecule has 0 fully saturated rings. The van der Waals surface area contributed by atoms with Gasteiger partial charge in [-0.1, -0.05) is 36.4 Å². The molecule has 0 atom stereocenters. The van der Waals surface area contributed by atoms with Crippen LogP contribution in [-0.4, -0.2) is 51.1 Å². The van der Waals surface area contributed by atoms with E-state index in [1.54, 1.807) is 6.07 Å². The summed E-state index contributed by atoms with van der Waals surface area (Å²) in [7, 11) is -1.20. The molecule has 0 amide bonds. The van der Waals surface area contributed by atoms with Gasteiger partial charge >= 0.3 is 7.60 Å². The van der Waals surface area contributed by atoms with Gasteiger partial charge in [-0.2, -0.15) is 5.26 Å². The second kappa shape index (κ2) is 16.9. The van der Waals surface area contributed by atoms with Crippen LogP contribution in [0.3, 0.4) is 0 Å². The van der Waals surface area contributed by atoms with Crippen LogP contribution in [0.25, 0.3) is 11.1 Å². The highest BCUT2D eigenvalue weighted by Crippen LogP contribution is 2.47. The predicted octanol–water partition coefficient (Wildman–Crippen LogP) is 8.47. The SMILES string of the molecule is CCOP(=O)(CCN(C)Cc1cc(C)c(OCc2cccc(-c3ccc4c(c3)OCCO4)c2C)cc1OCc1cccc(C#N)c1)OCC. The smallest absolute Gasteiger partial charge is 0.331 e. The summed E-state index contributed by atoms with van der Waals surface area (Å²) in [5.74, 6) is 2.92. The van der Waals surface area contributed by atoms with Crippen molar-refractivity contribution in [3.05, 3.63) is 106 Å². The predicted molar refractivity (Wildman–Crippen MR) is 191 cm³/mol. The fraction of sp³-hybridized carbons (Fsp3) is 0.359. The maximum absolute atomic E-state index is 13.1. The Kier molecular flexibility index (Phi) is 12.4. The van der Waals surface area contributed by atoms with Crippen LogP contribution < -0.4 is 18.9 Å². The molecule has 0 N–H and O–H groups in total. The van der Waals surface area contributed by atoms with E-state index in [2.05, 4.69) is 42.2 Å². The summed E-state index contributed by atoms with van der Waals surface area (Å²) in [6.45, 7) is 11.2. The molecule has 0 saturated carbocycles. The van der Waals surface area contributed by atoms with Gasteiger partial charge in [-0.3, -0.25) is 4.57 Å². The Hall–Kier alpha value is -4.32. The number of nitrogens with zero attached hydrogens (tertiary/aromatic N) is 2. The Bertz CT molecular complexity index is 1830. The van der Waals surface area contributed by atoms with Crippen molar-refractivity contribution < 1.29 is 32.6 Å². The summed E-state index contributed by atoms with van der Waals surface area (Å²) in [4.78, 5) is 2.08. The minimum absolute atomic E-state index is 0.285. The second-order valence-corrected chi connectivity index (χ2v) is 14.2. The Morgan fingerprint density at radius 3 is 2.33 bits per heavy atom. The molecular formula is C39H45N2O7P. The van der Waals surface area contributed by atoms with Crippen LogP contribution >= 0.6 is 7.60 Å². The van der Waals surface area contributed by atoms with Crippen LogP contribution in [0, 0.1) is 25.2 Å². The molecule has 1 aliphatic heterocycles. The molecule has 5 rings (SSSR count). The van der Waals surface area contributed by atoms with Gasteiger partial charge in [-0.25, -0.2) is 0 Å². The summed E-state index contributed by atoms with van der Waals surface area (Å²) < 4.78 is 48.5. The van der Waals surface area contributed by atoms with Crippen LogP contribution in [0.5, 0.6) is 23.0 Å². The fourth-order valence-corrected chi connectivity index (χ4v) is 7.48. The molecule has 1 aliphatic rings. The Labute approximate surface area is 289 Å². The monoisotopic (exact) mass is 684 g/mol. The number of fused-ring (bicyclic) bond motifs is 1. The molecule has 0 aromatic heterocycles. The molecule has 0 aliphatic carbocycles. The fourth-order valence-electron chi connectivity index (χ4n) is 5.78. The van der Waals surface area contributed by atoms with Crippen molar-refractivity contribution >= 4 is 7.60 Å². The summed E-state index contributed by atoms with van der Waals surface area (Å²) in [5, 5.41) is 9.37. The maximum Gasteiger partial charge on any atom is 0.331 e. The summed E-state index contributed by atoms with van der Waals surface area (Å²) in [5.41, 5.74) is 7.76. The first-order valence-electron chi connectivity index (χ1n) is 16.6. The zero-order valence-corrected chi connectivity index (χ0v) is 29.9. The van der Waals surface area contributed by atoms with Crippen molar-refractivity contribution in [1.82, 2.24) is 4.90 Å². The van der Waals surface area contributed by atoms with E-state index >= 15 is 0 Å². The number of benzene rings is 4. The molecule has 4 aromatic carbocycles. The molecular weight excluding hydrogens is 639 g/mol. The van der Waals surface area contributed by atoms with Crippen molar-refractivity contribution in [2.75, 3.05) is 46.2 Å². The highest BCUT2D eigenvalue weighted by atomic mass is 31.2.